The molecule has 19 heavy (non-hydrogen) atoms. The van der Waals surface area contributed by atoms with Crippen molar-refractivity contribution in [3.05, 3.63) is 11.0 Å². The molecule has 1 atom stereocenters. The first-order chi connectivity index (χ1) is 8.99. The standard InChI is InChI=1S/C11H14ClN3O3S/c1-7-6-18-4-3-15(7)10-9-8(13-11(12)14-10)2-5-19(9,16)17/h7H,2-6H2,1H3. The molecule has 3 heterocycles. The van der Waals surface area contributed by atoms with Crippen molar-refractivity contribution in [2.24, 2.45) is 0 Å². The molecule has 3 rings (SSSR count). The molecule has 2 aliphatic heterocycles. The number of morpholine rings is 1. The number of sulfone groups is 1. The molecule has 0 aliphatic carbocycles. The maximum absolute atomic E-state index is 12.2. The highest BCUT2D eigenvalue weighted by atomic mass is 35.5. The van der Waals surface area contributed by atoms with Crippen molar-refractivity contribution in [1.29, 1.82) is 0 Å². The summed E-state index contributed by atoms with van der Waals surface area (Å²) in [7, 11) is -3.29. The molecule has 0 saturated carbocycles. The minimum Gasteiger partial charge on any atom is -0.377 e. The zero-order valence-corrected chi connectivity index (χ0v) is 12.0. The second-order valence-corrected chi connectivity index (χ2v) is 7.16. The Balaban J connectivity index is 2.16. The van der Waals surface area contributed by atoms with E-state index in [-0.39, 0.29) is 22.0 Å². The lowest BCUT2D eigenvalue weighted by Gasteiger charge is -2.35. The predicted molar refractivity (Wildman–Crippen MR) is 70.4 cm³/mol. The first-order valence-electron chi connectivity index (χ1n) is 6.12. The van der Waals surface area contributed by atoms with Gasteiger partial charge < -0.3 is 9.64 Å². The van der Waals surface area contributed by atoms with Crippen LogP contribution >= 0.6 is 11.6 Å². The lowest BCUT2D eigenvalue weighted by atomic mass is 10.2. The predicted octanol–water partition coefficient (Wildman–Crippen LogP) is 0.685. The largest absolute Gasteiger partial charge is 0.377 e. The molecule has 0 aromatic carbocycles. The van der Waals surface area contributed by atoms with Gasteiger partial charge in [0.15, 0.2) is 15.7 Å². The van der Waals surface area contributed by atoms with E-state index in [0.29, 0.717) is 37.7 Å². The van der Waals surface area contributed by atoms with Gasteiger partial charge in [-0.25, -0.2) is 13.4 Å². The van der Waals surface area contributed by atoms with Crippen LogP contribution in [0.3, 0.4) is 0 Å². The van der Waals surface area contributed by atoms with Crippen molar-refractivity contribution in [3.8, 4) is 0 Å². The van der Waals surface area contributed by atoms with Crippen LogP contribution in [0.4, 0.5) is 5.82 Å². The van der Waals surface area contributed by atoms with Gasteiger partial charge in [-0.15, -0.1) is 0 Å². The van der Waals surface area contributed by atoms with Gasteiger partial charge in [0.25, 0.3) is 0 Å². The molecule has 1 aromatic heterocycles. The van der Waals surface area contributed by atoms with Crippen molar-refractivity contribution >= 4 is 27.3 Å². The molecular weight excluding hydrogens is 290 g/mol. The number of anilines is 1. The summed E-state index contributed by atoms with van der Waals surface area (Å²) in [6.45, 7) is 3.69. The molecule has 1 fully saturated rings. The maximum atomic E-state index is 12.2. The average Bonchev–Trinajstić information content (AvgIpc) is 2.65. The van der Waals surface area contributed by atoms with E-state index in [1.807, 2.05) is 11.8 Å². The molecule has 2 aliphatic rings. The van der Waals surface area contributed by atoms with Gasteiger partial charge in [-0.05, 0) is 18.5 Å². The topological polar surface area (TPSA) is 72.4 Å². The number of ether oxygens (including phenoxy) is 1. The zero-order chi connectivity index (χ0) is 13.6. The number of hydrogen-bond donors (Lipinski definition) is 0. The molecule has 0 amide bonds. The van der Waals surface area contributed by atoms with Gasteiger partial charge in [-0.1, -0.05) is 0 Å². The van der Waals surface area contributed by atoms with Crippen LogP contribution in [0.15, 0.2) is 4.90 Å². The lowest BCUT2D eigenvalue weighted by molar-refractivity contribution is 0.0982. The normalized spacial score (nSPS) is 25.4. The fourth-order valence-corrected chi connectivity index (χ4v) is 4.31. The fourth-order valence-electron chi connectivity index (χ4n) is 2.51. The first kappa shape index (κ1) is 13.1. The first-order valence-corrected chi connectivity index (χ1v) is 8.15. The van der Waals surface area contributed by atoms with Crippen LogP contribution in [0.1, 0.15) is 12.6 Å². The third-order valence-electron chi connectivity index (χ3n) is 3.45. The van der Waals surface area contributed by atoms with Gasteiger partial charge >= 0.3 is 0 Å². The lowest BCUT2D eigenvalue weighted by Crippen LogP contribution is -2.44. The molecule has 1 unspecified atom stereocenters. The summed E-state index contributed by atoms with van der Waals surface area (Å²) in [5, 5.41) is 0.101. The third kappa shape index (κ3) is 2.19. The molecule has 0 bridgehead atoms. The quantitative estimate of drug-likeness (QED) is 0.711. The number of rotatable bonds is 1. The monoisotopic (exact) mass is 303 g/mol. The summed E-state index contributed by atoms with van der Waals surface area (Å²) in [5.74, 6) is 0.520. The number of aromatic nitrogens is 2. The van der Waals surface area contributed by atoms with Crippen LogP contribution in [0.2, 0.25) is 5.28 Å². The van der Waals surface area contributed by atoms with E-state index in [1.54, 1.807) is 0 Å². The Morgan fingerprint density at radius 3 is 2.95 bits per heavy atom. The molecule has 0 N–H and O–H groups in total. The number of halogens is 1. The molecule has 104 valence electrons. The Morgan fingerprint density at radius 2 is 2.21 bits per heavy atom. The summed E-state index contributed by atoms with van der Waals surface area (Å²) in [5.41, 5.74) is 0.536. The van der Waals surface area contributed by atoms with Crippen LogP contribution in [0.5, 0.6) is 0 Å². The van der Waals surface area contributed by atoms with Gasteiger partial charge in [0.2, 0.25) is 5.28 Å². The Hall–Kier alpha value is -0.920. The van der Waals surface area contributed by atoms with Crippen molar-refractivity contribution in [1.82, 2.24) is 9.97 Å². The van der Waals surface area contributed by atoms with E-state index in [9.17, 15) is 8.42 Å². The minimum atomic E-state index is -3.29. The highest BCUT2D eigenvalue weighted by Crippen LogP contribution is 2.34. The smallest absolute Gasteiger partial charge is 0.224 e. The van der Waals surface area contributed by atoms with Crippen LogP contribution in [0.25, 0.3) is 0 Å². The van der Waals surface area contributed by atoms with E-state index in [2.05, 4.69) is 9.97 Å². The van der Waals surface area contributed by atoms with E-state index in [0.717, 1.165) is 0 Å². The molecule has 8 heteroatoms. The summed E-state index contributed by atoms with van der Waals surface area (Å²) in [6, 6.07) is 0.0691. The van der Waals surface area contributed by atoms with Gasteiger partial charge in [0.05, 0.1) is 30.7 Å². The fraction of sp³-hybridized carbons (Fsp3) is 0.636. The minimum absolute atomic E-state index is 0.0691. The Morgan fingerprint density at radius 1 is 1.42 bits per heavy atom. The summed E-state index contributed by atoms with van der Waals surface area (Å²) >= 11 is 5.91. The SMILES string of the molecule is CC1COCCN1c1nc(Cl)nc2c1S(=O)(=O)CC2. The van der Waals surface area contributed by atoms with Crippen molar-refractivity contribution in [2.75, 3.05) is 30.4 Å². The molecular formula is C11H14ClN3O3S. The number of fused-ring (bicyclic) bond motifs is 1. The Bertz CT molecular complexity index is 620. The number of aryl methyl sites for hydroxylation is 1. The third-order valence-corrected chi connectivity index (χ3v) is 5.40. The summed E-state index contributed by atoms with van der Waals surface area (Å²) in [6.07, 6.45) is 0.408. The van der Waals surface area contributed by atoms with Gasteiger partial charge in [-0.3, -0.25) is 0 Å². The van der Waals surface area contributed by atoms with E-state index in [4.69, 9.17) is 16.3 Å². The average molecular weight is 304 g/mol. The number of hydrogen-bond acceptors (Lipinski definition) is 6. The highest BCUT2D eigenvalue weighted by molar-refractivity contribution is 7.91. The molecule has 6 nitrogen and oxygen atoms in total. The maximum Gasteiger partial charge on any atom is 0.224 e. The molecule has 1 aromatic rings. The van der Waals surface area contributed by atoms with Crippen molar-refractivity contribution in [3.63, 3.8) is 0 Å². The van der Waals surface area contributed by atoms with Gasteiger partial charge in [0, 0.05) is 13.0 Å². The Labute approximate surface area is 116 Å². The van der Waals surface area contributed by atoms with Gasteiger partial charge in [0.1, 0.15) is 4.90 Å². The summed E-state index contributed by atoms with van der Waals surface area (Å²) < 4.78 is 29.7. The number of nitrogens with zero attached hydrogens (tertiary/aromatic N) is 3. The second kappa shape index (κ2) is 4.57. The second-order valence-electron chi connectivity index (χ2n) is 4.78. The molecule has 0 radical (unpaired) electrons. The van der Waals surface area contributed by atoms with Crippen LogP contribution in [0, 0.1) is 0 Å². The molecule has 1 saturated heterocycles. The van der Waals surface area contributed by atoms with E-state index in [1.165, 1.54) is 0 Å². The highest BCUT2D eigenvalue weighted by Gasteiger charge is 2.36. The zero-order valence-electron chi connectivity index (χ0n) is 10.5. The van der Waals surface area contributed by atoms with Gasteiger partial charge in [-0.2, -0.15) is 4.98 Å². The van der Waals surface area contributed by atoms with E-state index < -0.39 is 9.84 Å². The Kier molecular flexibility index (Phi) is 3.15. The summed E-state index contributed by atoms with van der Waals surface area (Å²) in [4.78, 5) is 10.4. The van der Waals surface area contributed by atoms with Crippen LogP contribution in [-0.2, 0) is 21.0 Å². The van der Waals surface area contributed by atoms with Crippen LogP contribution in [-0.4, -0.2) is 49.9 Å². The van der Waals surface area contributed by atoms with Crippen molar-refractivity contribution in [2.45, 2.75) is 24.3 Å². The molecule has 0 spiro atoms. The van der Waals surface area contributed by atoms with E-state index >= 15 is 0 Å². The van der Waals surface area contributed by atoms with Crippen molar-refractivity contribution < 1.29 is 13.2 Å². The van der Waals surface area contributed by atoms with Crippen LogP contribution < -0.4 is 4.90 Å².